The van der Waals surface area contributed by atoms with Crippen molar-refractivity contribution in [1.82, 2.24) is 0 Å². The van der Waals surface area contributed by atoms with E-state index in [4.69, 9.17) is 4.42 Å². The molecule has 0 fully saturated rings. The second-order valence-corrected chi connectivity index (χ2v) is 7.90. The van der Waals surface area contributed by atoms with Crippen molar-refractivity contribution in [3.05, 3.63) is 88.8 Å². The van der Waals surface area contributed by atoms with E-state index in [2.05, 4.69) is 10.6 Å². The van der Waals surface area contributed by atoms with Gasteiger partial charge in [0.15, 0.2) is 0 Å². The molecule has 3 N–H and O–H groups in total. The maximum atomic E-state index is 12.7. The van der Waals surface area contributed by atoms with Crippen LogP contribution in [0.1, 0.15) is 36.5 Å². The highest BCUT2D eigenvalue weighted by molar-refractivity contribution is 6.05. The number of fused-ring (bicyclic) bond motifs is 1. The first-order valence-electron chi connectivity index (χ1n) is 11.0. The third-order valence-corrected chi connectivity index (χ3v) is 5.39. The minimum atomic E-state index is -0.451. The predicted octanol–water partition coefficient (Wildman–Crippen LogP) is 5.55. The predicted molar refractivity (Wildman–Crippen MR) is 132 cm³/mol. The summed E-state index contributed by atoms with van der Waals surface area (Å²) in [6, 6.07) is 20.1. The number of amides is 2. The monoisotopic (exact) mass is 456 g/mol. The summed E-state index contributed by atoms with van der Waals surface area (Å²) in [7, 11) is 0. The zero-order valence-corrected chi connectivity index (χ0v) is 18.6. The Balaban J connectivity index is 1.46. The average Bonchev–Trinajstić information content (AvgIpc) is 2.84. The fourth-order valence-corrected chi connectivity index (χ4v) is 3.53. The zero-order valence-electron chi connectivity index (χ0n) is 18.6. The summed E-state index contributed by atoms with van der Waals surface area (Å²) in [6.07, 6.45) is 2.05. The number of phenolic OH excluding ortho intramolecular Hbond substituents is 1. The molecule has 1 heterocycles. The standard InChI is InChI=1S/C27H24N2O5/c1-2-3-8-25(31)29-22-14-13-20(16-23(22)30)28-26(32)18-11-9-17(10-12-18)21-15-19-6-4-5-7-24(19)34-27(21)33/h4-7,9-16,30H,2-3,8H2,1H3,(H,28,32)(H,29,31). The molecule has 0 unspecified atom stereocenters. The molecule has 0 bridgehead atoms. The highest BCUT2D eigenvalue weighted by Crippen LogP contribution is 2.28. The number of aromatic hydroxyl groups is 1. The summed E-state index contributed by atoms with van der Waals surface area (Å²) < 4.78 is 5.38. The topological polar surface area (TPSA) is 109 Å². The summed E-state index contributed by atoms with van der Waals surface area (Å²) in [5, 5.41) is 16.4. The molecular formula is C27H24N2O5. The molecule has 34 heavy (non-hydrogen) atoms. The number of carbonyl (C=O) groups is 2. The van der Waals surface area contributed by atoms with E-state index in [1.165, 1.54) is 12.1 Å². The molecule has 0 spiro atoms. The molecule has 0 aliphatic rings. The van der Waals surface area contributed by atoms with Crippen molar-refractivity contribution in [3.63, 3.8) is 0 Å². The van der Waals surface area contributed by atoms with Crippen LogP contribution in [0.25, 0.3) is 22.1 Å². The van der Waals surface area contributed by atoms with E-state index < -0.39 is 5.63 Å². The molecule has 4 rings (SSSR count). The van der Waals surface area contributed by atoms with Gasteiger partial charge in [-0.3, -0.25) is 9.59 Å². The molecule has 2 amide bonds. The molecule has 0 saturated heterocycles. The lowest BCUT2D eigenvalue weighted by Crippen LogP contribution is -2.13. The number of phenols is 1. The number of rotatable bonds is 7. The van der Waals surface area contributed by atoms with Crippen LogP contribution < -0.4 is 16.3 Å². The van der Waals surface area contributed by atoms with Gasteiger partial charge in [0.1, 0.15) is 11.3 Å². The van der Waals surface area contributed by atoms with Crippen molar-refractivity contribution >= 4 is 34.2 Å². The van der Waals surface area contributed by atoms with Gasteiger partial charge in [-0.2, -0.15) is 0 Å². The van der Waals surface area contributed by atoms with Crippen molar-refractivity contribution in [3.8, 4) is 16.9 Å². The number of unbranched alkanes of at least 4 members (excludes halogenated alkanes) is 1. The van der Waals surface area contributed by atoms with Gasteiger partial charge < -0.3 is 20.2 Å². The van der Waals surface area contributed by atoms with Crippen LogP contribution in [0.15, 0.2) is 82.0 Å². The van der Waals surface area contributed by atoms with Gasteiger partial charge in [0.25, 0.3) is 5.91 Å². The van der Waals surface area contributed by atoms with E-state index in [0.29, 0.717) is 34.4 Å². The first-order chi connectivity index (χ1) is 16.4. The molecule has 7 heteroatoms. The van der Waals surface area contributed by atoms with Gasteiger partial charge in [-0.25, -0.2) is 4.79 Å². The quantitative estimate of drug-likeness (QED) is 0.250. The lowest BCUT2D eigenvalue weighted by Gasteiger charge is -2.10. The molecule has 0 aliphatic heterocycles. The van der Waals surface area contributed by atoms with Crippen molar-refractivity contribution in [2.45, 2.75) is 26.2 Å². The Morgan fingerprint density at radius 2 is 1.71 bits per heavy atom. The van der Waals surface area contributed by atoms with Crippen molar-refractivity contribution in [1.29, 1.82) is 0 Å². The van der Waals surface area contributed by atoms with E-state index >= 15 is 0 Å². The summed E-state index contributed by atoms with van der Waals surface area (Å²) in [6.45, 7) is 2.00. The van der Waals surface area contributed by atoms with E-state index in [0.717, 1.165) is 18.2 Å². The van der Waals surface area contributed by atoms with Gasteiger partial charge >= 0.3 is 5.63 Å². The van der Waals surface area contributed by atoms with Gasteiger partial charge in [-0.1, -0.05) is 43.7 Å². The van der Waals surface area contributed by atoms with Gasteiger partial charge in [0.2, 0.25) is 5.91 Å². The lowest BCUT2D eigenvalue weighted by atomic mass is 10.0. The first-order valence-corrected chi connectivity index (χ1v) is 11.0. The van der Waals surface area contributed by atoms with E-state index in [-0.39, 0.29) is 23.3 Å². The van der Waals surface area contributed by atoms with Gasteiger partial charge in [-0.15, -0.1) is 0 Å². The van der Waals surface area contributed by atoms with E-state index in [1.54, 1.807) is 48.5 Å². The van der Waals surface area contributed by atoms with Crippen molar-refractivity contribution in [2.75, 3.05) is 10.6 Å². The molecule has 172 valence electrons. The van der Waals surface area contributed by atoms with E-state index in [1.807, 2.05) is 19.1 Å². The van der Waals surface area contributed by atoms with Crippen LogP contribution in [-0.4, -0.2) is 16.9 Å². The first kappa shape index (κ1) is 22.8. The lowest BCUT2D eigenvalue weighted by molar-refractivity contribution is -0.116. The molecule has 1 aromatic heterocycles. The number of carbonyl (C=O) groups excluding carboxylic acids is 2. The second-order valence-electron chi connectivity index (χ2n) is 7.90. The molecule has 3 aromatic carbocycles. The average molecular weight is 456 g/mol. The Labute approximate surface area is 196 Å². The van der Waals surface area contributed by atoms with Crippen LogP contribution in [0, 0.1) is 0 Å². The number of anilines is 2. The highest BCUT2D eigenvalue weighted by atomic mass is 16.4. The molecule has 4 aromatic rings. The molecule has 0 radical (unpaired) electrons. The molecular weight excluding hydrogens is 432 g/mol. The van der Waals surface area contributed by atoms with Gasteiger partial charge in [0.05, 0.1) is 11.3 Å². The number of benzene rings is 3. The Morgan fingerprint density at radius 3 is 2.44 bits per heavy atom. The fraction of sp³-hybridized carbons (Fsp3) is 0.148. The van der Waals surface area contributed by atoms with E-state index in [9.17, 15) is 19.5 Å². The number of para-hydroxylation sites is 1. The Kier molecular flexibility index (Phi) is 6.73. The molecule has 0 saturated carbocycles. The summed E-state index contributed by atoms with van der Waals surface area (Å²) in [4.78, 5) is 36.9. The maximum absolute atomic E-state index is 12.7. The second kappa shape index (κ2) is 10.0. The van der Waals surface area contributed by atoms with Gasteiger partial charge in [0, 0.05) is 29.1 Å². The minimum Gasteiger partial charge on any atom is -0.506 e. The van der Waals surface area contributed by atoms with Crippen LogP contribution in [-0.2, 0) is 4.79 Å². The summed E-state index contributed by atoms with van der Waals surface area (Å²) in [5.41, 5.74) is 2.16. The number of hydrogen-bond acceptors (Lipinski definition) is 5. The molecule has 0 atom stereocenters. The van der Waals surface area contributed by atoms with Crippen molar-refractivity contribution in [2.24, 2.45) is 0 Å². The van der Waals surface area contributed by atoms with Crippen LogP contribution in [0.2, 0.25) is 0 Å². The molecule has 0 aliphatic carbocycles. The fourth-order valence-electron chi connectivity index (χ4n) is 3.53. The van der Waals surface area contributed by atoms with Crippen LogP contribution in [0.5, 0.6) is 5.75 Å². The van der Waals surface area contributed by atoms with Crippen LogP contribution in [0.4, 0.5) is 11.4 Å². The Hall–Kier alpha value is -4.39. The molecule has 7 nitrogen and oxygen atoms in total. The number of hydrogen-bond donors (Lipinski definition) is 3. The minimum absolute atomic E-state index is 0.138. The van der Waals surface area contributed by atoms with Crippen LogP contribution in [0.3, 0.4) is 0 Å². The Bertz CT molecular complexity index is 1410. The largest absolute Gasteiger partial charge is 0.506 e. The summed E-state index contributed by atoms with van der Waals surface area (Å²) in [5.74, 6) is -0.688. The van der Waals surface area contributed by atoms with Crippen LogP contribution >= 0.6 is 0 Å². The SMILES string of the molecule is CCCCC(=O)Nc1ccc(NC(=O)c2ccc(-c3cc4ccccc4oc3=O)cc2)cc1O. The Morgan fingerprint density at radius 1 is 0.941 bits per heavy atom. The highest BCUT2D eigenvalue weighted by Gasteiger charge is 2.12. The van der Waals surface area contributed by atoms with Gasteiger partial charge in [-0.05, 0) is 48.4 Å². The third-order valence-electron chi connectivity index (χ3n) is 5.39. The maximum Gasteiger partial charge on any atom is 0.344 e. The third kappa shape index (κ3) is 5.15. The number of nitrogens with one attached hydrogen (secondary N) is 2. The smallest absolute Gasteiger partial charge is 0.344 e. The van der Waals surface area contributed by atoms with Crippen molar-refractivity contribution < 1.29 is 19.1 Å². The summed E-state index contributed by atoms with van der Waals surface area (Å²) >= 11 is 0. The zero-order chi connectivity index (χ0) is 24.1. The normalized spacial score (nSPS) is 10.7.